The van der Waals surface area contributed by atoms with Gasteiger partial charge >= 0.3 is 5.97 Å². The number of thiocarbonyl (C=S) groups is 1. The van der Waals surface area contributed by atoms with Gasteiger partial charge in [0.15, 0.2) is 11.7 Å². The van der Waals surface area contributed by atoms with Gasteiger partial charge in [-0.1, -0.05) is 24.3 Å². The Morgan fingerprint density at radius 1 is 1.25 bits per heavy atom. The Labute approximate surface area is 189 Å². The van der Waals surface area contributed by atoms with Gasteiger partial charge < -0.3 is 9.47 Å². The summed E-state index contributed by atoms with van der Waals surface area (Å²) in [6.07, 6.45) is 3.44. The van der Waals surface area contributed by atoms with E-state index in [1.54, 1.807) is 30.3 Å². The molecule has 1 aliphatic heterocycles. The maximum atomic E-state index is 14.3. The van der Waals surface area contributed by atoms with E-state index < -0.39 is 23.6 Å². The molecule has 0 bridgehead atoms. The summed E-state index contributed by atoms with van der Waals surface area (Å²) in [7, 11) is 1.26. The number of nitrogens with one attached hydrogen (secondary N) is 1. The largest absolute Gasteiger partial charge is 0.482 e. The van der Waals surface area contributed by atoms with Gasteiger partial charge in [-0.05, 0) is 60.1 Å². The molecule has 1 heterocycles. The molecule has 0 aromatic heterocycles. The number of ether oxygens (including phenoxy) is 2. The fraction of sp³-hybridized carbons (Fsp3) is 0.130. The molecule has 1 saturated heterocycles. The van der Waals surface area contributed by atoms with Crippen LogP contribution in [-0.2, 0) is 25.5 Å². The number of hydrogen-bond donors (Lipinski definition) is 1. The lowest BCUT2D eigenvalue weighted by Gasteiger charge is -2.29. The van der Waals surface area contributed by atoms with Crippen LogP contribution in [0.2, 0.25) is 0 Å². The predicted molar refractivity (Wildman–Crippen MR) is 120 cm³/mol. The zero-order valence-corrected chi connectivity index (χ0v) is 17.9. The summed E-state index contributed by atoms with van der Waals surface area (Å²) >= 11 is 5.09. The van der Waals surface area contributed by atoms with Crippen molar-refractivity contribution in [3.8, 4) is 5.75 Å². The second-order valence-corrected chi connectivity index (χ2v) is 7.02. The minimum absolute atomic E-state index is 0.0627. The average Bonchev–Trinajstić information content (AvgIpc) is 2.77. The Morgan fingerprint density at radius 2 is 2.00 bits per heavy atom. The first-order valence-electron chi connectivity index (χ1n) is 9.45. The first-order chi connectivity index (χ1) is 15.3. The molecule has 0 radical (unpaired) electrons. The highest BCUT2D eigenvalue weighted by atomic mass is 32.1. The van der Waals surface area contributed by atoms with E-state index >= 15 is 0 Å². The number of nitrogens with zero attached hydrogens (tertiary/aromatic N) is 1. The number of halogens is 1. The van der Waals surface area contributed by atoms with Crippen molar-refractivity contribution in [1.82, 2.24) is 5.32 Å². The number of anilines is 1. The van der Waals surface area contributed by atoms with E-state index in [2.05, 4.69) is 16.6 Å². The highest BCUT2D eigenvalue weighted by molar-refractivity contribution is 7.80. The Balaban J connectivity index is 1.95. The maximum Gasteiger partial charge on any atom is 0.343 e. The third kappa shape index (κ3) is 4.89. The Kier molecular flexibility index (Phi) is 7.11. The molecule has 0 aliphatic carbocycles. The van der Waals surface area contributed by atoms with E-state index in [0.29, 0.717) is 23.3 Å². The molecule has 0 spiro atoms. The van der Waals surface area contributed by atoms with Gasteiger partial charge in [-0.3, -0.25) is 14.9 Å². The van der Waals surface area contributed by atoms with Crippen LogP contribution in [0.15, 0.2) is 60.7 Å². The number of para-hydroxylation sites is 1. The average molecular weight is 454 g/mol. The first kappa shape index (κ1) is 22.8. The van der Waals surface area contributed by atoms with Crippen molar-refractivity contribution in [2.24, 2.45) is 0 Å². The molecule has 7 nitrogen and oxygen atoms in total. The van der Waals surface area contributed by atoms with Crippen molar-refractivity contribution >= 4 is 46.9 Å². The van der Waals surface area contributed by atoms with E-state index in [-0.39, 0.29) is 23.0 Å². The summed E-state index contributed by atoms with van der Waals surface area (Å²) in [6.45, 7) is 3.43. The number of carbonyl (C=O) groups is 3. The number of hydrogen-bond acceptors (Lipinski definition) is 6. The zero-order valence-electron chi connectivity index (χ0n) is 17.1. The molecule has 0 atom stereocenters. The van der Waals surface area contributed by atoms with E-state index in [1.165, 1.54) is 31.4 Å². The minimum Gasteiger partial charge on any atom is -0.482 e. The van der Waals surface area contributed by atoms with Crippen LogP contribution in [0.4, 0.5) is 10.1 Å². The van der Waals surface area contributed by atoms with Crippen LogP contribution in [0.3, 0.4) is 0 Å². The molecule has 1 fully saturated rings. The second kappa shape index (κ2) is 9.97. The normalized spacial score (nSPS) is 14.9. The first-order valence-corrected chi connectivity index (χ1v) is 9.86. The fourth-order valence-electron chi connectivity index (χ4n) is 3.02. The number of esters is 1. The van der Waals surface area contributed by atoms with E-state index in [0.717, 1.165) is 4.90 Å². The Bertz CT molecular complexity index is 1140. The number of carbonyl (C=O) groups excluding carboxylic acids is 3. The van der Waals surface area contributed by atoms with Crippen molar-refractivity contribution in [3.05, 3.63) is 77.6 Å². The third-order valence-corrected chi connectivity index (χ3v) is 4.81. The molecule has 3 rings (SSSR count). The highest BCUT2D eigenvalue weighted by Gasteiger charge is 2.35. The van der Waals surface area contributed by atoms with Crippen LogP contribution in [0.1, 0.15) is 11.1 Å². The van der Waals surface area contributed by atoms with E-state index in [4.69, 9.17) is 17.0 Å². The molecule has 0 unspecified atom stereocenters. The van der Waals surface area contributed by atoms with Crippen molar-refractivity contribution < 1.29 is 28.2 Å². The molecular weight excluding hydrogens is 435 g/mol. The van der Waals surface area contributed by atoms with Crippen LogP contribution < -0.4 is 15.0 Å². The monoisotopic (exact) mass is 454 g/mol. The van der Waals surface area contributed by atoms with E-state index in [9.17, 15) is 18.8 Å². The molecule has 1 N–H and O–H groups in total. The van der Waals surface area contributed by atoms with Crippen molar-refractivity contribution in [3.63, 3.8) is 0 Å². The summed E-state index contributed by atoms with van der Waals surface area (Å²) in [5.74, 6) is -2.19. The summed E-state index contributed by atoms with van der Waals surface area (Å²) in [4.78, 5) is 37.8. The van der Waals surface area contributed by atoms with Crippen LogP contribution >= 0.6 is 12.2 Å². The Morgan fingerprint density at radius 3 is 2.69 bits per heavy atom. The standard InChI is InChI=1S/C23H19FN2O5S/c1-3-6-15-11-14(9-10-19(15)31-13-20(27)30-2)12-16-21(28)25-23(32)26(22(16)29)18-8-5-4-7-17(18)24/h3-5,7-12H,1,6,13H2,2H3,(H,25,28,32)/b16-12+. The molecule has 2 aromatic rings. The highest BCUT2D eigenvalue weighted by Crippen LogP contribution is 2.26. The lowest BCUT2D eigenvalue weighted by molar-refractivity contribution is -0.143. The molecule has 2 aromatic carbocycles. The van der Waals surface area contributed by atoms with Gasteiger partial charge in [0.25, 0.3) is 11.8 Å². The van der Waals surface area contributed by atoms with Crippen molar-refractivity contribution in [2.75, 3.05) is 18.6 Å². The topological polar surface area (TPSA) is 84.9 Å². The van der Waals surface area contributed by atoms with Gasteiger partial charge in [-0.25, -0.2) is 14.1 Å². The summed E-state index contributed by atoms with van der Waals surface area (Å²) in [5, 5.41) is 2.21. The van der Waals surface area contributed by atoms with E-state index in [1.807, 2.05) is 0 Å². The predicted octanol–water partition coefficient (Wildman–Crippen LogP) is 2.94. The smallest absolute Gasteiger partial charge is 0.343 e. The van der Waals surface area contributed by atoms with Crippen LogP contribution in [-0.4, -0.2) is 36.6 Å². The van der Waals surface area contributed by atoms with Crippen LogP contribution in [0.25, 0.3) is 6.08 Å². The number of benzene rings is 2. The van der Waals surface area contributed by atoms with Gasteiger partial charge in [0.2, 0.25) is 0 Å². The lowest BCUT2D eigenvalue weighted by atomic mass is 10.0. The molecule has 0 saturated carbocycles. The maximum absolute atomic E-state index is 14.3. The molecule has 9 heteroatoms. The number of rotatable bonds is 7. The quantitative estimate of drug-likeness (QED) is 0.228. The number of amides is 2. The molecular formula is C23H19FN2O5S. The summed E-state index contributed by atoms with van der Waals surface area (Å²) in [5.41, 5.74) is 0.928. The van der Waals surface area contributed by atoms with Crippen molar-refractivity contribution in [1.29, 1.82) is 0 Å². The summed E-state index contributed by atoms with van der Waals surface area (Å²) in [6, 6.07) is 10.6. The van der Waals surface area contributed by atoms with Crippen molar-refractivity contribution in [2.45, 2.75) is 6.42 Å². The summed E-state index contributed by atoms with van der Waals surface area (Å²) < 4.78 is 24.3. The SMILES string of the molecule is C=CCc1cc(/C=C2\C(=O)NC(=S)N(c3ccccc3F)C2=O)ccc1OCC(=O)OC. The molecule has 2 amide bonds. The van der Waals surface area contributed by atoms with Gasteiger partial charge in [0.1, 0.15) is 17.1 Å². The van der Waals surface area contributed by atoms with Crippen LogP contribution in [0, 0.1) is 5.82 Å². The zero-order chi connectivity index (χ0) is 23.3. The third-order valence-electron chi connectivity index (χ3n) is 4.53. The van der Waals surface area contributed by atoms with Crippen LogP contribution in [0.5, 0.6) is 5.75 Å². The number of allylic oxidation sites excluding steroid dienone is 1. The lowest BCUT2D eigenvalue weighted by Crippen LogP contribution is -2.54. The second-order valence-electron chi connectivity index (χ2n) is 6.63. The number of methoxy groups -OCH3 is 1. The van der Waals surface area contributed by atoms with Gasteiger partial charge in [0, 0.05) is 0 Å². The molecule has 164 valence electrons. The van der Waals surface area contributed by atoms with Gasteiger partial charge in [-0.2, -0.15) is 0 Å². The molecule has 1 aliphatic rings. The van der Waals surface area contributed by atoms with Gasteiger partial charge in [-0.15, -0.1) is 6.58 Å². The van der Waals surface area contributed by atoms with Gasteiger partial charge in [0.05, 0.1) is 12.8 Å². The minimum atomic E-state index is -0.750. The molecule has 32 heavy (non-hydrogen) atoms. The Hall–Kier alpha value is -3.85. The fourth-order valence-corrected chi connectivity index (χ4v) is 3.29.